The molecule has 2 atom stereocenters. The maximum absolute atomic E-state index is 6.44. The van der Waals surface area contributed by atoms with Crippen LogP contribution >= 0.6 is 0 Å². The minimum atomic E-state index is 0.168. The molecule has 1 aliphatic rings. The maximum Gasteiger partial charge on any atom is 0.0867 e. The van der Waals surface area contributed by atoms with E-state index in [0.717, 1.165) is 45.6 Å². The van der Waals surface area contributed by atoms with Gasteiger partial charge in [-0.2, -0.15) is 0 Å². The van der Waals surface area contributed by atoms with E-state index in [1.54, 1.807) is 7.11 Å². The van der Waals surface area contributed by atoms with Gasteiger partial charge in [0.15, 0.2) is 0 Å². The fraction of sp³-hybridized carbons (Fsp3) is 0.500. The molecule has 146 valence electrons. The first-order valence-corrected chi connectivity index (χ1v) is 10.3. The van der Waals surface area contributed by atoms with E-state index in [-0.39, 0.29) is 6.10 Å². The van der Waals surface area contributed by atoms with Crippen LogP contribution in [-0.4, -0.2) is 33.4 Å². The number of hydrogen-bond donors (Lipinski definition) is 1. The van der Waals surface area contributed by atoms with Crippen molar-refractivity contribution >= 4 is 0 Å². The van der Waals surface area contributed by atoms with Gasteiger partial charge in [0.1, 0.15) is 0 Å². The van der Waals surface area contributed by atoms with Crippen LogP contribution < -0.4 is 5.32 Å². The molecule has 3 rings (SSSR count). The van der Waals surface area contributed by atoms with Crippen LogP contribution in [0.25, 0.3) is 0 Å². The summed E-state index contributed by atoms with van der Waals surface area (Å²) in [6, 6.07) is 19.6. The van der Waals surface area contributed by atoms with Crippen LogP contribution in [0.4, 0.5) is 0 Å². The van der Waals surface area contributed by atoms with Crippen molar-refractivity contribution in [3.05, 3.63) is 71.3 Å². The van der Waals surface area contributed by atoms with E-state index >= 15 is 0 Å². The van der Waals surface area contributed by atoms with Crippen molar-refractivity contribution in [2.45, 2.75) is 38.2 Å². The van der Waals surface area contributed by atoms with Crippen molar-refractivity contribution in [3.63, 3.8) is 0 Å². The van der Waals surface area contributed by atoms with Gasteiger partial charge < -0.3 is 14.8 Å². The van der Waals surface area contributed by atoms with Crippen LogP contribution in [0.1, 0.15) is 42.1 Å². The standard InChI is InChI=1S/C24H33NO2/c1-26-17-8-18-27-24(22-12-7-16-25-19-22)23-13-6-5-11-21(23)15-14-20-9-3-2-4-10-20/h2-6,9-11,13,22,24-25H,7-8,12,14-19H2,1H3/t22-,24-/m1/s1. The number of rotatable bonds is 10. The van der Waals surface area contributed by atoms with Crippen LogP contribution in [0.3, 0.4) is 0 Å². The number of benzene rings is 2. The summed E-state index contributed by atoms with van der Waals surface area (Å²) in [5.41, 5.74) is 4.19. The molecule has 0 saturated carbocycles. The second-order valence-corrected chi connectivity index (χ2v) is 7.43. The van der Waals surface area contributed by atoms with Gasteiger partial charge in [0.05, 0.1) is 6.10 Å². The lowest BCUT2D eigenvalue weighted by molar-refractivity contribution is -0.00551. The summed E-state index contributed by atoms with van der Waals surface area (Å²) >= 11 is 0. The first-order chi connectivity index (χ1) is 13.4. The molecule has 1 saturated heterocycles. The Morgan fingerprint density at radius 1 is 1.00 bits per heavy atom. The van der Waals surface area contributed by atoms with Gasteiger partial charge in [-0.15, -0.1) is 0 Å². The molecule has 1 aliphatic heterocycles. The van der Waals surface area contributed by atoms with E-state index in [4.69, 9.17) is 9.47 Å². The zero-order valence-corrected chi connectivity index (χ0v) is 16.5. The maximum atomic E-state index is 6.44. The van der Waals surface area contributed by atoms with E-state index in [2.05, 4.69) is 59.9 Å². The second kappa shape index (κ2) is 11.2. The van der Waals surface area contributed by atoms with Gasteiger partial charge in [0.2, 0.25) is 0 Å². The van der Waals surface area contributed by atoms with Crippen molar-refractivity contribution in [2.24, 2.45) is 5.92 Å². The Morgan fingerprint density at radius 3 is 2.59 bits per heavy atom. The topological polar surface area (TPSA) is 30.5 Å². The first-order valence-electron chi connectivity index (χ1n) is 10.3. The van der Waals surface area contributed by atoms with Crippen molar-refractivity contribution < 1.29 is 9.47 Å². The fourth-order valence-electron chi connectivity index (χ4n) is 3.99. The van der Waals surface area contributed by atoms with Crippen LogP contribution in [-0.2, 0) is 22.3 Å². The molecule has 1 N–H and O–H groups in total. The molecule has 1 fully saturated rings. The van der Waals surface area contributed by atoms with Gasteiger partial charge in [-0.1, -0.05) is 54.6 Å². The Balaban J connectivity index is 1.73. The van der Waals surface area contributed by atoms with Gasteiger partial charge >= 0.3 is 0 Å². The molecule has 2 aromatic carbocycles. The Morgan fingerprint density at radius 2 is 1.81 bits per heavy atom. The minimum absolute atomic E-state index is 0.168. The summed E-state index contributed by atoms with van der Waals surface area (Å²) in [5.74, 6) is 0.541. The highest BCUT2D eigenvalue weighted by Gasteiger charge is 2.27. The predicted octanol–water partition coefficient (Wildman–Crippen LogP) is 4.57. The van der Waals surface area contributed by atoms with Crippen molar-refractivity contribution in [1.29, 1.82) is 0 Å². The van der Waals surface area contributed by atoms with Gasteiger partial charge in [-0.3, -0.25) is 0 Å². The lowest BCUT2D eigenvalue weighted by Crippen LogP contribution is -2.34. The van der Waals surface area contributed by atoms with E-state index in [0.29, 0.717) is 5.92 Å². The largest absolute Gasteiger partial charge is 0.385 e. The van der Waals surface area contributed by atoms with Gasteiger partial charge in [-0.05, 0) is 55.3 Å². The monoisotopic (exact) mass is 367 g/mol. The Kier molecular flexibility index (Phi) is 8.34. The zero-order chi connectivity index (χ0) is 18.7. The summed E-state index contributed by atoms with van der Waals surface area (Å²) in [5, 5.41) is 3.56. The second-order valence-electron chi connectivity index (χ2n) is 7.43. The smallest absolute Gasteiger partial charge is 0.0867 e. The Labute approximate surface area is 164 Å². The number of hydrogen-bond acceptors (Lipinski definition) is 3. The van der Waals surface area contributed by atoms with Crippen molar-refractivity contribution in [1.82, 2.24) is 5.32 Å². The molecule has 2 aromatic rings. The predicted molar refractivity (Wildman–Crippen MR) is 111 cm³/mol. The molecule has 0 bridgehead atoms. The average Bonchev–Trinajstić information content (AvgIpc) is 2.74. The molecule has 0 unspecified atom stereocenters. The fourth-order valence-corrected chi connectivity index (χ4v) is 3.99. The highest BCUT2D eigenvalue weighted by atomic mass is 16.5. The Bertz CT molecular complexity index is 652. The normalized spacial score (nSPS) is 18.3. The van der Waals surface area contributed by atoms with E-state index in [1.165, 1.54) is 29.5 Å². The number of ether oxygens (including phenoxy) is 2. The molecule has 0 aliphatic carbocycles. The molecule has 27 heavy (non-hydrogen) atoms. The third kappa shape index (κ3) is 6.17. The van der Waals surface area contributed by atoms with Crippen LogP contribution in [0.5, 0.6) is 0 Å². The average molecular weight is 368 g/mol. The van der Waals surface area contributed by atoms with E-state index in [9.17, 15) is 0 Å². The molecule has 0 aromatic heterocycles. The summed E-state index contributed by atoms with van der Waals surface area (Å²) in [6.45, 7) is 3.68. The van der Waals surface area contributed by atoms with E-state index in [1.807, 2.05) is 0 Å². The van der Waals surface area contributed by atoms with Crippen LogP contribution in [0, 0.1) is 5.92 Å². The third-order valence-electron chi connectivity index (χ3n) is 5.44. The highest BCUT2D eigenvalue weighted by molar-refractivity contribution is 5.31. The van der Waals surface area contributed by atoms with Crippen molar-refractivity contribution in [2.75, 3.05) is 33.4 Å². The van der Waals surface area contributed by atoms with Crippen LogP contribution in [0.15, 0.2) is 54.6 Å². The SMILES string of the molecule is COCCCO[C@@H](c1ccccc1CCc1ccccc1)[C@@H]1CCCNC1. The highest BCUT2D eigenvalue weighted by Crippen LogP contribution is 2.33. The molecule has 0 spiro atoms. The molecule has 3 nitrogen and oxygen atoms in total. The molecule has 3 heteroatoms. The number of aryl methyl sites for hydroxylation is 2. The van der Waals surface area contributed by atoms with Gasteiger partial charge in [0, 0.05) is 32.8 Å². The molecular formula is C24H33NO2. The summed E-state index contributed by atoms with van der Waals surface area (Å²) < 4.78 is 11.6. The number of piperidine rings is 1. The molecule has 0 radical (unpaired) electrons. The Hall–Kier alpha value is -1.68. The van der Waals surface area contributed by atoms with E-state index < -0.39 is 0 Å². The number of nitrogens with one attached hydrogen (secondary N) is 1. The summed E-state index contributed by atoms with van der Waals surface area (Å²) in [4.78, 5) is 0. The summed E-state index contributed by atoms with van der Waals surface area (Å²) in [7, 11) is 1.75. The minimum Gasteiger partial charge on any atom is -0.385 e. The molecule has 1 heterocycles. The third-order valence-corrected chi connectivity index (χ3v) is 5.44. The van der Waals surface area contributed by atoms with Gasteiger partial charge in [0.25, 0.3) is 0 Å². The molecular weight excluding hydrogens is 334 g/mol. The molecule has 0 amide bonds. The lowest BCUT2D eigenvalue weighted by atomic mass is 9.86. The number of methoxy groups -OCH3 is 1. The first kappa shape index (κ1) is 20.1. The van der Waals surface area contributed by atoms with Crippen LogP contribution in [0.2, 0.25) is 0 Å². The van der Waals surface area contributed by atoms with Crippen molar-refractivity contribution in [3.8, 4) is 0 Å². The quantitative estimate of drug-likeness (QED) is 0.624. The summed E-state index contributed by atoms with van der Waals surface area (Å²) in [6.07, 6.45) is 5.69. The van der Waals surface area contributed by atoms with Gasteiger partial charge in [-0.25, -0.2) is 0 Å². The lowest BCUT2D eigenvalue weighted by Gasteiger charge is -2.32. The zero-order valence-electron chi connectivity index (χ0n) is 16.5.